The van der Waals surface area contributed by atoms with E-state index in [0.29, 0.717) is 17.6 Å². The molecule has 2 saturated heterocycles. The van der Waals surface area contributed by atoms with E-state index in [0.717, 1.165) is 104 Å². The van der Waals surface area contributed by atoms with Gasteiger partial charge in [0.25, 0.3) is 0 Å². The maximum atomic E-state index is 15.9. The number of carbonyl (C=O) groups excluding carboxylic acids is 1. The molecule has 0 spiro atoms. The molecule has 2 fully saturated rings. The maximum absolute atomic E-state index is 15.9. The molecular weight excluding hydrogens is 775 g/mol. The van der Waals surface area contributed by atoms with Gasteiger partial charge in [-0.05, 0) is 142 Å². The first kappa shape index (κ1) is 39.0. The molecule has 6 aromatic rings. The quantitative estimate of drug-likeness (QED) is 0.169. The van der Waals surface area contributed by atoms with Crippen LogP contribution in [0.1, 0.15) is 105 Å². The molecule has 0 saturated carbocycles. The SMILES string of the molecule is CC(C)(C)OC(=O)N1CC(c2cnc3ccc(N4CCC[C@@H]4c4cccc(F)c4)nn23)=CCC1c1cc(F)cc([C@H]2CCCN2c2ccc3ncc(C4=CCCNC4)n3n2)c1. The molecule has 0 bridgehead atoms. The highest BCUT2D eigenvalue weighted by Crippen LogP contribution is 2.41. The van der Waals surface area contributed by atoms with Crippen molar-refractivity contribution in [2.24, 2.45) is 0 Å². The van der Waals surface area contributed by atoms with Crippen LogP contribution in [0.3, 0.4) is 0 Å². The third-order valence-corrected chi connectivity index (χ3v) is 12.4. The van der Waals surface area contributed by atoms with Gasteiger partial charge in [0.1, 0.15) is 28.9 Å². The first-order valence-corrected chi connectivity index (χ1v) is 21.4. The lowest BCUT2D eigenvalue weighted by atomic mass is 9.92. The number of hydrogen-bond donors (Lipinski definition) is 1. The molecule has 4 aromatic heterocycles. The molecule has 0 radical (unpaired) electrons. The number of benzene rings is 2. The van der Waals surface area contributed by atoms with Gasteiger partial charge in [0.2, 0.25) is 0 Å². The molecule has 314 valence electrons. The van der Waals surface area contributed by atoms with Gasteiger partial charge in [0.05, 0.1) is 48.5 Å². The number of fused-ring (bicyclic) bond motifs is 2. The summed E-state index contributed by atoms with van der Waals surface area (Å²) in [4.78, 5) is 29.7. The minimum atomic E-state index is -0.749. The van der Waals surface area contributed by atoms with E-state index in [1.54, 1.807) is 35.4 Å². The van der Waals surface area contributed by atoms with E-state index in [1.165, 1.54) is 11.6 Å². The Kier molecular flexibility index (Phi) is 10.0. The average molecular weight is 825 g/mol. The van der Waals surface area contributed by atoms with Crippen molar-refractivity contribution in [1.82, 2.24) is 39.4 Å². The number of imidazole rings is 2. The van der Waals surface area contributed by atoms with Crippen LogP contribution in [0.15, 0.2) is 91.3 Å². The summed E-state index contributed by atoms with van der Waals surface area (Å²) in [6.07, 6.45) is 12.6. The second kappa shape index (κ2) is 15.7. The molecule has 3 atom stereocenters. The van der Waals surface area contributed by atoms with Crippen molar-refractivity contribution < 1.29 is 18.3 Å². The molecule has 1 amide bonds. The second-order valence-corrected chi connectivity index (χ2v) is 17.6. The fraction of sp³-hybridized carbons (Fsp3) is 0.383. The van der Waals surface area contributed by atoms with E-state index in [-0.39, 0.29) is 30.3 Å². The summed E-state index contributed by atoms with van der Waals surface area (Å²) in [6.45, 7) is 9.05. The molecule has 1 unspecified atom stereocenters. The van der Waals surface area contributed by atoms with Gasteiger partial charge in [-0.3, -0.25) is 4.90 Å². The largest absolute Gasteiger partial charge is 0.444 e. The van der Waals surface area contributed by atoms with Crippen LogP contribution in [0, 0.1) is 11.6 Å². The smallest absolute Gasteiger partial charge is 0.411 e. The zero-order valence-corrected chi connectivity index (χ0v) is 34.8. The summed E-state index contributed by atoms with van der Waals surface area (Å²) in [5.41, 5.74) is 6.94. The maximum Gasteiger partial charge on any atom is 0.411 e. The van der Waals surface area contributed by atoms with Crippen LogP contribution >= 0.6 is 0 Å². The van der Waals surface area contributed by atoms with Gasteiger partial charge >= 0.3 is 6.09 Å². The normalized spacial score (nSPS) is 21.1. The van der Waals surface area contributed by atoms with Gasteiger partial charge < -0.3 is 19.9 Å². The van der Waals surface area contributed by atoms with Crippen LogP contribution < -0.4 is 15.1 Å². The van der Waals surface area contributed by atoms with Crippen LogP contribution in [-0.4, -0.2) is 78.5 Å². The highest BCUT2D eigenvalue weighted by Gasteiger charge is 2.36. The fourth-order valence-electron chi connectivity index (χ4n) is 9.57. The summed E-state index contributed by atoms with van der Waals surface area (Å²) in [6, 6.07) is 19.3. The van der Waals surface area contributed by atoms with Crippen molar-refractivity contribution in [3.8, 4) is 0 Å². The topological polar surface area (TPSA) is 108 Å². The van der Waals surface area contributed by atoms with Gasteiger partial charge in [-0.25, -0.2) is 32.6 Å². The lowest BCUT2D eigenvalue weighted by Crippen LogP contribution is -2.42. The van der Waals surface area contributed by atoms with E-state index >= 15 is 4.39 Å². The second-order valence-electron chi connectivity index (χ2n) is 17.6. The van der Waals surface area contributed by atoms with Crippen LogP contribution in [0.2, 0.25) is 0 Å². The van der Waals surface area contributed by atoms with Crippen molar-refractivity contribution in [3.05, 3.63) is 131 Å². The number of rotatable bonds is 7. The third kappa shape index (κ3) is 7.62. The summed E-state index contributed by atoms with van der Waals surface area (Å²) >= 11 is 0. The van der Waals surface area contributed by atoms with Gasteiger partial charge in [0.15, 0.2) is 11.3 Å². The molecule has 4 aliphatic rings. The Morgan fingerprint density at radius 2 is 1.36 bits per heavy atom. The Labute approximate surface area is 353 Å². The van der Waals surface area contributed by atoms with E-state index < -0.39 is 17.7 Å². The number of amides is 1. The molecule has 2 aromatic carbocycles. The minimum absolute atomic E-state index is 0.00352. The van der Waals surface area contributed by atoms with Gasteiger partial charge in [0, 0.05) is 19.6 Å². The third-order valence-electron chi connectivity index (χ3n) is 12.4. The first-order chi connectivity index (χ1) is 29.6. The van der Waals surface area contributed by atoms with Crippen molar-refractivity contribution >= 4 is 40.2 Å². The molecule has 1 N–H and O–H groups in total. The van der Waals surface area contributed by atoms with E-state index in [2.05, 4.69) is 43.3 Å². The van der Waals surface area contributed by atoms with Crippen molar-refractivity contribution in [2.45, 2.75) is 83.0 Å². The predicted molar refractivity (Wildman–Crippen MR) is 231 cm³/mol. The molecule has 8 heterocycles. The van der Waals surface area contributed by atoms with Crippen LogP contribution in [-0.2, 0) is 4.74 Å². The minimum Gasteiger partial charge on any atom is -0.444 e. The Hall–Kier alpha value is -6.15. The molecule has 4 aliphatic heterocycles. The van der Waals surface area contributed by atoms with Crippen LogP contribution in [0.5, 0.6) is 0 Å². The first-order valence-electron chi connectivity index (χ1n) is 21.4. The average Bonchev–Trinajstić information content (AvgIpc) is 4.09. The Morgan fingerprint density at radius 3 is 1.98 bits per heavy atom. The monoisotopic (exact) mass is 824 g/mol. The molecule has 61 heavy (non-hydrogen) atoms. The van der Waals surface area contributed by atoms with Gasteiger partial charge in [-0.1, -0.05) is 30.4 Å². The van der Waals surface area contributed by atoms with E-state index in [9.17, 15) is 9.18 Å². The number of nitrogens with one attached hydrogen (secondary N) is 1. The van der Waals surface area contributed by atoms with E-state index in [1.807, 2.05) is 66.3 Å². The Morgan fingerprint density at radius 1 is 0.738 bits per heavy atom. The number of aromatic nitrogens is 6. The van der Waals surface area contributed by atoms with Gasteiger partial charge in [-0.2, -0.15) is 0 Å². The lowest BCUT2D eigenvalue weighted by Gasteiger charge is -2.37. The number of ether oxygens (including phenoxy) is 1. The summed E-state index contributed by atoms with van der Waals surface area (Å²) in [7, 11) is 0. The Balaban J connectivity index is 0.964. The van der Waals surface area contributed by atoms with Crippen molar-refractivity contribution in [1.29, 1.82) is 0 Å². The summed E-state index contributed by atoms with van der Waals surface area (Å²) in [5.74, 6) is 0.971. The van der Waals surface area contributed by atoms with Crippen molar-refractivity contribution in [3.63, 3.8) is 0 Å². The predicted octanol–water partition coefficient (Wildman–Crippen LogP) is 8.88. The zero-order valence-electron chi connectivity index (χ0n) is 34.8. The lowest BCUT2D eigenvalue weighted by molar-refractivity contribution is 0.0181. The number of carbonyl (C=O) groups is 1. The summed E-state index contributed by atoms with van der Waals surface area (Å²) in [5, 5.41) is 13.6. The molecule has 0 aliphatic carbocycles. The summed E-state index contributed by atoms with van der Waals surface area (Å²) < 4.78 is 39.9. The van der Waals surface area contributed by atoms with Crippen LogP contribution in [0.25, 0.3) is 22.4 Å². The highest BCUT2D eigenvalue weighted by atomic mass is 19.1. The molecule has 12 nitrogen and oxygen atoms in total. The number of anilines is 2. The molecule has 10 rings (SSSR count). The molecule has 14 heteroatoms. The fourth-order valence-corrected chi connectivity index (χ4v) is 9.57. The number of nitrogens with zero attached hydrogens (tertiary/aromatic N) is 9. The Bertz CT molecular complexity index is 2700. The standard InChI is InChI=1S/C47H50F2N10O2/c1-47(2,3)61-46(60)57-29-32(41-28-52-43-16-17-44(54-59(41)43)55-20-6-11-37(55)30-8-4-10-35(48)23-30)13-14-39(57)34-22-33(24-36(49)25-34)38-12-7-21-56(38)45-18-15-42-51-27-40(58(42)53-45)31-9-5-19-50-26-31/h4,8-10,13,15-18,22-25,27-28,37-39,50H,5-7,11-12,14,19-21,26,29H2,1-3H3/t37-,38-,39?/m1/s1. The van der Waals surface area contributed by atoms with Gasteiger partial charge in [-0.15, -0.1) is 10.2 Å². The number of hydrogen-bond acceptors (Lipinski definition) is 9. The van der Waals surface area contributed by atoms with Crippen molar-refractivity contribution in [2.75, 3.05) is 42.5 Å². The highest BCUT2D eigenvalue weighted by molar-refractivity contribution is 5.76. The van der Waals surface area contributed by atoms with Crippen LogP contribution in [0.4, 0.5) is 25.2 Å². The zero-order chi connectivity index (χ0) is 41.8. The molecular formula is C47H50F2N10O2. The number of halogens is 2. The van der Waals surface area contributed by atoms with E-state index in [4.69, 9.17) is 14.9 Å².